The summed E-state index contributed by atoms with van der Waals surface area (Å²) in [6.07, 6.45) is 1.46. The van der Waals surface area contributed by atoms with E-state index in [1.165, 1.54) is 20.0 Å². The summed E-state index contributed by atoms with van der Waals surface area (Å²) in [7, 11) is 0. The van der Waals surface area contributed by atoms with Gasteiger partial charge in [-0.05, 0) is 13.8 Å². The fourth-order valence-corrected chi connectivity index (χ4v) is 0.964. The molecule has 6 heteroatoms. The molecule has 0 unspecified atom stereocenters. The minimum atomic E-state index is -1.10. The molecular weight excluding hydrogens is 212 g/mol. The van der Waals surface area contributed by atoms with Crippen molar-refractivity contribution >= 4 is 11.9 Å². The summed E-state index contributed by atoms with van der Waals surface area (Å²) in [5.41, 5.74) is 0.196. The van der Waals surface area contributed by atoms with E-state index in [-0.39, 0.29) is 17.7 Å². The Morgan fingerprint density at radius 2 is 2.12 bits per heavy atom. The molecule has 2 N–H and O–H groups in total. The van der Waals surface area contributed by atoms with Crippen LogP contribution >= 0.6 is 0 Å². The van der Waals surface area contributed by atoms with Crippen molar-refractivity contribution in [3.05, 3.63) is 29.2 Å². The van der Waals surface area contributed by atoms with Crippen molar-refractivity contribution in [1.29, 1.82) is 0 Å². The number of carboxylic acids is 1. The van der Waals surface area contributed by atoms with E-state index in [2.05, 4.69) is 10.5 Å². The van der Waals surface area contributed by atoms with E-state index in [1.807, 2.05) is 0 Å². The average Bonchev–Trinajstić information content (AvgIpc) is 2.76. The highest BCUT2D eigenvalue weighted by molar-refractivity contribution is 6.01. The zero-order valence-electron chi connectivity index (χ0n) is 8.98. The van der Waals surface area contributed by atoms with Gasteiger partial charge >= 0.3 is 5.97 Å². The first kappa shape index (κ1) is 12.0. The van der Waals surface area contributed by atoms with Gasteiger partial charge in [-0.15, -0.1) is 0 Å². The number of carbonyl (C=O) groups excluding carboxylic acids is 1. The van der Waals surface area contributed by atoms with Gasteiger partial charge in [0.25, 0.3) is 0 Å². The van der Waals surface area contributed by atoms with Crippen LogP contribution in [0.15, 0.2) is 27.9 Å². The Morgan fingerprint density at radius 1 is 1.44 bits per heavy atom. The molecule has 0 atom stereocenters. The monoisotopic (exact) mass is 224 g/mol. The molecule has 0 aliphatic carbocycles. The molecule has 1 amide bonds. The Hall–Kier alpha value is -2.11. The second-order valence-corrected chi connectivity index (χ2v) is 3.22. The predicted octanol–water partition coefficient (Wildman–Crippen LogP) is 0.712. The average molecular weight is 224 g/mol. The number of rotatable bonds is 4. The lowest BCUT2D eigenvalue weighted by molar-refractivity contribution is -0.133. The number of hydrogen-bond donors (Lipinski definition) is 2. The molecule has 1 aromatic heterocycles. The molecule has 0 aliphatic rings. The van der Waals surface area contributed by atoms with Crippen LogP contribution in [0.3, 0.4) is 0 Å². The lowest BCUT2D eigenvalue weighted by atomic mass is 10.1. The molecule has 0 aromatic carbocycles. The number of hydrogen-bond acceptors (Lipinski definition) is 4. The lowest BCUT2D eigenvalue weighted by Gasteiger charge is -2.04. The molecule has 1 heterocycles. The van der Waals surface area contributed by atoms with Gasteiger partial charge < -0.3 is 14.9 Å². The van der Waals surface area contributed by atoms with E-state index in [0.717, 1.165) is 0 Å². The third kappa shape index (κ3) is 2.94. The maximum absolute atomic E-state index is 11.5. The third-order valence-corrected chi connectivity index (χ3v) is 2.14. The van der Waals surface area contributed by atoms with Crippen LogP contribution in [0.2, 0.25) is 0 Å². The van der Waals surface area contributed by atoms with Crippen LogP contribution in [0.25, 0.3) is 0 Å². The first-order valence-corrected chi connectivity index (χ1v) is 4.61. The molecule has 0 aliphatic heterocycles. The van der Waals surface area contributed by atoms with E-state index in [4.69, 9.17) is 9.63 Å². The largest absolute Gasteiger partial charge is 0.478 e. The Bertz CT molecular complexity index is 420. The summed E-state index contributed by atoms with van der Waals surface area (Å²) in [6, 6.07) is 1.61. The highest BCUT2D eigenvalue weighted by atomic mass is 16.5. The SMILES string of the molecule is CC(C(=O)O)=C(C)C(=O)NCc1ccno1. The topological polar surface area (TPSA) is 92.4 Å². The molecule has 0 saturated heterocycles. The molecule has 0 spiro atoms. The summed E-state index contributed by atoms with van der Waals surface area (Å²) in [6.45, 7) is 3.02. The van der Waals surface area contributed by atoms with Gasteiger partial charge in [-0.3, -0.25) is 4.79 Å². The van der Waals surface area contributed by atoms with Gasteiger partial charge in [0.1, 0.15) is 0 Å². The normalized spacial score (nSPS) is 11.9. The standard InChI is InChI=1S/C10H12N2O4/c1-6(7(2)10(14)15)9(13)11-5-8-3-4-12-16-8/h3-4H,5H2,1-2H3,(H,11,13)(H,14,15). The number of amides is 1. The van der Waals surface area contributed by atoms with E-state index in [0.29, 0.717) is 5.76 Å². The Labute approximate surface area is 91.9 Å². The van der Waals surface area contributed by atoms with Gasteiger partial charge in [0.15, 0.2) is 5.76 Å². The highest BCUT2D eigenvalue weighted by Gasteiger charge is 2.12. The molecule has 0 saturated carbocycles. The Balaban J connectivity index is 2.59. The number of carboxylic acid groups (broad SMARTS) is 1. The molecule has 1 rings (SSSR count). The molecule has 6 nitrogen and oxygen atoms in total. The summed E-state index contributed by atoms with van der Waals surface area (Å²) in [5, 5.41) is 14.7. The maximum Gasteiger partial charge on any atom is 0.331 e. The van der Waals surface area contributed by atoms with Gasteiger partial charge in [-0.1, -0.05) is 5.16 Å². The van der Waals surface area contributed by atoms with Gasteiger partial charge in [-0.2, -0.15) is 0 Å². The van der Waals surface area contributed by atoms with Crippen LogP contribution in [-0.2, 0) is 16.1 Å². The van der Waals surface area contributed by atoms with Crippen molar-refractivity contribution in [1.82, 2.24) is 10.5 Å². The minimum absolute atomic E-state index is 0.0232. The van der Waals surface area contributed by atoms with Crippen molar-refractivity contribution in [3.8, 4) is 0 Å². The summed E-state index contributed by atoms with van der Waals surface area (Å²) in [5.74, 6) is -1.03. The van der Waals surface area contributed by atoms with Gasteiger partial charge in [0.05, 0.1) is 12.7 Å². The van der Waals surface area contributed by atoms with E-state index in [9.17, 15) is 9.59 Å². The van der Waals surface area contributed by atoms with Crippen molar-refractivity contribution in [2.45, 2.75) is 20.4 Å². The third-order valence-electron chi connectivity index (χ3n) is 2.14. The van der Waals surface area contributed by atoms with Gasteiger partial charge in [-0.25, -0.2) is 4.79 Å². The first-order chi connectivity index (χ1) is 7.52. The lowest BCUT2D eigenvalue weighted by Crippen LogP contribution is -2.24. The maximum atomic E-state index is 11.5. The molecule has 0 radical (unpaired) electrons. The minimum Gasteiger partial charge on any atom is -0.478 e. The molecule has 86 valence electrons. The molecule has 1 aromatic rings. The Kier molecular flexibility index (Phi) is 3.82. The van der Waals surface area contributed by atoms with Crippen LogP contribution in [0.5, 0.6) is 0 Å². The van der Waals surface area contributed by atoms with Crippen LogP contribution in [0, 0.1) is 0 Å². The van der Waals surface area contributed by atoms with Crippen molar-refractivity contribution in [2.75, 3.05) is 0 Å². The van der Waals surface area contributed by atoms with Gasteiger partial charge in [0, 0.05) is 17.2 Å². The predicted molar refractivity (Wildman–Crippen MR) is 54.4 cm³/mol. The van der Waals surface area contributed by atoms with Crippen molar-refractivity contribution in [3.63, 3.8) is 0 Å². The number of nitrogens with one attached hydrogen (secondary N) is 1. The quantitative estimate of drug-likeness (QED) is 0.735. The smallest absolute Gasteiger partial charge is 0.331 e. The molecular formula is C10H12N2O4. The van der Waals surface area contributed by atoms with Crippen molar-refractivity contribution < 1.29 is 19.2 Å². The Morgan fingerprint density at radius 3 is 2.62 bits per heavy atom. The number of nitrogens with zero attached hydrogens (tertiary/aromatic N) is 1. The highest BCUT2D eigenvalue weighted by Crippen LogP contribution is 2.04. The number of aromatic nitrogens is 1. The molecule has 16 heavy (non-hydrogen) atoms. The van der Waals surface area contributed by atoms with Crippen LogP contribution in [0.4, 0.5) is 0 Å². The van der Waals surface area contributed by atoms with Crippen molar-refractivity contribution in [2.24, 2.45) is 0 Å². The van der Waals surface area contributed by atoms with Crippen LogP contribution in [-0.4, -0.2) is 22.1 Å². The van der Waals surface area contributed by atoms with E-state index in [1.54, 1.807) is 6.07 Å². The zero-order chi connectivity index (χ0) is 12.1. The molecule has 0 fully saturated rings. The first-order valence-electron chi connectivity index (χ1n) is 4.61. The fraction of sp³-hybridized carbons (Fsp3) is 0.300. The van der Waals surface area contributed by atoms with Crippen LogP contribution in [0.1, 0.15) is 19.6 Å². The second-order valence-electron chi connectivity index (χ2n) is 3.22. The molecule has 0 bridgehead atoms. The second kappa shape index (κ2) is 5.11. The van der Waals surface area contributed by atoms with E-state index >= 15 is 0 Å². The number of carbonyl (C=O) groups is 2. The summed E-state index contributed by atoms with van der Waals surface area (Å²) in [4.78, 5) is 22.1. The van der Waals surface area contributed by atoms with Crippen LogP contribution < -0.4 is 5.32 Å². The van der Waals surface area contributed by atoms with E-state index < -0.39 is 11.9 Å². The summed E-state index contributed by atoms with van der Waals surface area (Å²) < 4.78 is 4.77. The van der Waals surface area contributed by atoms with Gasteiger partial charge in [0.2, 0.25) is 5.91 Å². The summed E-state index contributed by atoms with van der Waals surface area (Å²) >= 11 is 0. The number of aliphatic carboxylic acids is 1. The fourth-order valence-electron chi connectivity index (χ4n) is 0.964. The zero-order valence-corrected chi connectivity index (χ0v) is 8.98.